The van der Waals surface area contributed by atoms with Crippen molar-refractivity contribution >= 4 is 0 Å². The Labute approximate surface area is 77.5 Å². The Morgan fingerprint density at radius 3 is 2.46 bits per heavy atom. The van der Waals surface area contributed by atoms with Crippen LogP contribution >= 0.6 is 0 Å². The molecular weight excluding hydrogens is 169 g/mol. The van der Waals surface area contributed by atoms with Crippen molar-refractivity contribution in [1.82, 2.24) is 0 Å². The van der Waals surface area contributed by atoms with Crippen molar-refractivity contribution in [3.05, 3.63) is 29.8 Å². The highest BCUT2D eigenvalue weighted by atomic mass is 19.1. The largest absolute Gasteiger partial charge is 0.491 e. The Hall–Kier alpha value is -1.09. The molecule has 0 radical (unpaired) electrons. The maximum atomic E-state index is 11.7. The zero-order valence-corrected chi connectivity index (χ0v) is 7.66. The minimum atomic E-state index is -0.463. The van der Waals surface area contributed by atoms with Crippen molar-refractivity contribution in [2.45, 2.75) is 13.0 Å². The average molecular weight is 183 g/mol. The lowest BCUT2D eigenvalue weighted by atomic mass is 10.1. The van der Waals surface area contributed by atoms with Crippen LogP contribution in [0.3, 0.4) is 0 Å². The van der Waals surface area contributed by atoms with Crippen LogP contribution in [0.5, 0.6) is 5.75 Å². The van der Waals surface area contributed by atoms with E-state index in [0.717, 1.165) is 5.56 Å². The van der Waals surface area contributed by atoms with Gasteiger partial charge in [-0.2, -0.15) is 0 Å². The average Bonchev–Trinajstić information content (AvgIpc) is 2.15. The van der Waals surface area contributed by atoms with E-state index in [0.29, 0.717) is 5.75 Å². The maximum absolute atomic E-state index is 11.7. The van der Waals surface area contributed by atoms with Crippen LogP contribution in [0.25, 0.3) is 0 Å². The van der Waals surface area contributed by atoms with E-state index >= 15 is 0 Å². The molecular formula is C10H14FNO. The molecule has 0 aromatic heterocycles. The van der Waals surface area contributed by atoms with E-state index in [1.807, 2.05) is 19.1 Å². The third-order valence-corrected chi connectivity index (χ3v) is 1.75. The van der Waals surface area contributed by atoms with Gasteiger partial charge >= 0.3 is 0 Å². The summed E-state index contributed by atoms with van der Waals surface area (Å²) in [5.74, 6) is 0.682. The van der Waals surface area contributed by atoms with Crippen LogP contribution in [0.15, 0.2) is 24.3 Å². The van der Waals surface area contributed by atoms with Gasteiger partial charge in [0.25, 0.3) is 0 Å². The van der Waals surface area contributed by atoms with Crippen LogP contribution in [-0.4, -0.2) is 13.3 Å². The first kappa shape index (κ1) is 9.99. The highest BCUT2D eigenvalue weighted by Gasteiger charge is 1.98. The van der Waals surface area contributed by atoms with Crippen molar-refractivity contribution < 1.29 is 9.13 Å². The second-order valence-corrected chi connectivity index (χ2v) is 2.90. The molecule has 0 spiro atoms. The zero-order chi connectivity index (χ0) is 9.68. The SMILES string of the molecule is C[C@H](N)c1ccc(OCCF)cc1. The van der Waals surface area contributed by atoms with Gasteiger partial charge in [-0.25, -0.2) is 4.39 Å². The summed E-state index contributed by atoms with van der Waals surface area (Å²) in [6.45, 7) is 1.56. The first-order valence-corrected chi connectivity index (χ1v) is 4.28. The van der Waals surface area contributed by atoms with Gasteiger partial charge in [0.05, 0.1) is 0 Å². The summed E-state index contributed by atoms with van der Waals surface area (Å²) < 4.78 is 16.8. The van der Waals surface area contributed by atoms with Crippen LogP contribution in [0.1, 0.15) is 18.5 Å². The quantitative estimate of drug-likeness (QED) is 0.775. The number of rotatable bonds is 4. The molecule has 72 valence electrons. The molecule has 0 fully saturated rings. The van der Waals surface area contributed by atoms with Crippen molar-refractivity contribution in [3.8, 4) is 5.75 Å². The van der Waals surface area contributed by atoms with Crippen LogP contribution in [0, 0.1) is 0 Å². The Morgan fingerprint density at radius 1 is 1.38 bits per heavy atom. The summed E-state index contributed by atoms with van der Waals surface area (Å²) in [7, 11) is 0. The molecule has 0 heterocycles. The number of nitrogens with two attached hydrogens (primary N) is 1. The lowest BCUT2D eigenvalue weighted by Gasteiger charge is -2.07. The molecule has 0 aliphatic rings. The molecule has 0 aliphatic carbocycles. The summed E-state index contributed by atoms with van der Waals surface area (Å²) in [4.78, 5) is 0. The van der Waals surface area contributed by atoms with E-state index in [1.54, 1.807) is 12.1 Å². The fraction of sp³-hybridized carbons (Fsp3) is 0.400. The van der Waals surface area contributed by atoms with Gasteiger partial charge < -0.3 is 10.5 Å². The second kappa shape index (κ2) is 4.82. The highest BCUT2D eigenvalue weighted by Crippen LogP contribution is 2.15. The first-order valence-electron chi connectivity index (χ1n) is 4.28. The molecule has 0 unspecified atom stereocenters. The van der Waals surface area contributed by atoms with Gasteiger partial charge in [0, 0.05) is 6.04 Å². The summed E-state index contributed by atoms with van der Waals surface area (Å²) in [6, 6.07) is 7.40. The molecule has 0 saturated carbocycles. The predicted molar refractivity (Wildman–Crippen MR) is 50.5 cm³/mol. The number of benzene rings is 1. The Bertz CT molecular complexity index is 246. The Morgan fingerprint density at radius 2 is 2.00 bits per heavy atom. The normalized spacial score (nSPS) is 12.5. The minimum absolute atomic E-state index is 0.0234. The molecule has 1 rings (SSSR count). The summed E-state index contributed by atoms with van der Waals surface area (Å²) >= 11 is 0. The summed E-state index contributed by atoms with van der Waals surface area (Å²) in [5.41, 5.74) is 6.71. The van der Waals surface area contributed by atoms with Gasteiger partial charge in [0.15, 0.2) is 0 Å². The van der Waals surface area contributed by atoms with Crippen molar-refractivity contribution in [2.24, 2.45) is 5.73 Å². The van der Waals surface area contributed by atoms with Gasteiger partial charge in [-0.05, 0) is 24.6 Å². The maximum Gasteiger partial charge on any atom is 0.123 e. The van der Waals surface area contributed by atoms with Gasteiger partial charge in [-0.3, -0.25) is 0 Å². The van der Waals surface area contributed by atoms with E-state index in [2.05, 4.69) is 0 Å². The van der Waals surface area contributed by atoms with Gasteiger partial charge in [-0.15, -0.1) is 0 Å². The molecule has 1 aromatic carbocycles. The monoisotopic (exact) mass is 183 g/mol. The van der Waals surface area contributed by atoms with E-state index < -0.39 is 6.67 Å². The van der Waals surface area contributed by atoms with E-state index in [1.165, 1.54) is 0 Å². The smallest absolute Gasteiger partial charge is 0.123 e. The Kier molecular flexibility index (Phi) is 3.71. The van der Waals surface area contributed by atoms with Crippen molar-refractivity contribution in [3.63, 3.8) is 0 Å². The van der Waals surface area contributed by atoms with Gasteiger partial charge in [0.1, 0.15) is 19.0 Å². The fourth-order valence-corrected chi connectivity index (χ4v) is 1.02. The molecule has 0 aliphatic heterocycles. The molecule has 0 bridgehead atoms. The molecule has 3 heteroatoms. The molecule has 2 nitrogen and oxygen atoms in total. The predicted octanol–water partition coefficient (Wildman–Crippen LogP) is 2.05. The van der Waals surface area contributed by atoms with E-state index in [4.69, 9.17) is 10.5 Å². The third kappa shape index (κ3) is 3.03. The lowest BCUT2D eigenvalue weighted by molar-refractivity contribution is 0.273. The molecule has 13 heavy (non-hydrogen) atoms. The standard InChI is InChI=1S/C10H14FNO/c1-8(12)9-2-4-10(5-3-9)13-7-6-11/h2-5,8H,6-7,12H2,1H3/t8-/m0/s1. The lowest BCUT2D eigenvalue weighted by Crippen LogP contribution is -2.04. The van der Waals surface area contributed by atoms with Crippen LogP contribution < -0.4 is 10.5 Å². The topological polar surface area (TPSA) is 35.2 Å². The second-order valence-electron chi connectivity index (χ2n) is 2.90. The van der Waals surface area contributed by atoms with Crippen LogP contribution in [-0.2, 0) is 0 Å². The first-order chi connectivity index (χ1) is 6.24. The molecule has 0 saturated heterocycles. The fourth-order valence-electron chi connectivity index (χ4n) is 1.02. The molecule has 0 amide bonds. The van der Waals surface area contributed by atoms with E-state index in [9.17, 15) is 4.39 Å². The number of hydrogen-bond donors (Lipinski definition) is 1. The number of ether oxygens (including phenoxy) is 1. The zero-order valence-electron chi connectivity index (χ0n) is 7.66. The minimum Gasteiger partial charge on any atom is -0.491 e. The van der Waals surface area contributed by atoms with Crippen LogP contribution in [0.4, 0.5) is 4.39 Å². The molecule has 1 aromatic rings. The summed E-state index contributed by atoms with van der Waals surface area (Å²) in [5, 5.41) is 0. The molecule has 2 N–H and O–H groups in total. The van der Waals surface area contributed by atoms with Gasteiger partial charge in [-0.1, -0.05) is 12.1 Å². The highest BCUT2D eigenvalue weighted by molar-refractivity contribution is 5.28. The van der Waals surface area contributed by atoms with E-state index in [-0.39, 0.29) is 12.6 Å². The number of halogens is 1. The van der Waals surface area contributed by atoms with Gasteiger partial charge in [0.2, 0.25) is 0 Å². The number of alkyl halides is 1. The van der Waals surface area contributed by atoms with Crippen molar-refractivity contribution in [2.75, 3.05) is 13.3 Å². The van der Waals surface area contributed by atoms with Crippen molar-refractivity contribution in [1.29, 1.82) is 0 Å². The van der Waals surface area contributed by atoms with Crippen LogP contribution in [0.2, 0.25) is 0 Å². The third-order valence-electron chi connectivity index (χ3n) is 1.75. The Balaban J connectivity index is 2.59. The molecule has 1 atom stereocenters. The number of hydrogen-bond acceptors (Lipinski definition) is 2. The summed E-state index contributed by atoms with van der Waals surface area (Å²) in [6.07, 6.45) is 0.